The van der Waals surface area contributed by atoms with Crippen LogP contribution in [0.15, 0.2) is 0 Å². The maximum absolute atomic E-state index is 12.0. The van der Waals surface area contributed by atoms with Gasteiger partial charge >= 0.3 is 0 Å². The molecule has 0 heterocycles. The summed E-state index contributed by atoms with van der Waals surface area (Å²) in [6.45, 7) is 8.03. The van der Waals surface area contributed by atoms with Crippen LogP contribution in [-0.4, -0.2) is 29.9 Å². The number of hydrogen-bond acceptors (Lipinski definition) is 2. The summed E-state index contributed by atoms with van der Waals surface area (Å²) < 4.78 is 0. The highest BCUT2D eigenvalue weighted by Gasteiger charge is 2.17. The number of nitrogens with zero attached hydrogens (tertiary/aromatic N) is 1. The van der Waals surface area contributed by atoms with Crippen molar-refractivity contribution in [2.45, 2.75) is 65.3 Å². The Morgan fingerprint density at radius 1 is 1.25 bits per heavy atom. The number of rotatable bonds is 9. The summed E-state index contributed by atoms with van der Waals surface area (Å²) in [6.07, 6.45) is 5.82. The molecule has 3 nitrogen and oxygen atoms in total. The Kier molecular flexibility index (Phi) is 9.30. The zero-order chi connectivity index (χ0) is 12.4. The van der Waals surface area contributed by atoms with Crippen molar-refractivity contribution >= 4 is 5.91 Å². The van der Waals surface area contributed by atoms with Gasteiger partial charge in [-0.25, -0.2) is 0 Å². The summed E-state index contributed by atoms with van der Waals surface area (Å²) >= 11 is 0. The van der Waals surface area contributed by atoms with Gasteiger partial charge in [-0.05, 0) is 39.2 Å². The Bertz CT molecular complexity index is 183. The van der Waals surface area contributed by atoms with Crippen LogP contribution in [0.2, 0.25) is 0 Å². The number of carbonyl (C=O) groups is 1. The molecule has 0 saturated heterocycles. The molecule has 2 N–H and O–H groups in total. The Morgan fingerprint density at radius 3 is 2.44 bits per heavy atom. The minimum atomic E-state index is 0.302. The topological polar surface area (TPSA) is 46.3 Å². The van der Waals surface area contributed by atoms with Crippen LogP contribution >= 0.6 is 0 Å². The van der Waals surface area contributed by atoms with E-state index in [-0.39, 0.29) is 0 Å². The van der Waals surface area contributed by atoms with Crippen LogP contribution < -0.4 is 5.73 Å². The lowest BCUT2D eigenvalue weighted by Crippen LogP contribution is -2.38. The first-order valence-electron chi connectivity index (χ1n) is 6.66. The zero-order valence-electron chi connectivity index (χ0n) is 11.2. The molecule has 3 heteroatoms. The molecule has 16 heavy (non-hydrogen) atoms. The molecule has 0 aromatic heterocycles. The van der Waals surface area contributed by atoms with E-state index < -0.39 is 0 Å². The smallest absolute Gasteiger partial charge is 0.222 e. The van der Waals surface area contributed by atoms with Crippen LogP contribution in [0.3, 0.4) is 0 Å². The summed E-state index contributed by atoms with van der Waals surface area (Å²) in [5, 5.41) is 0. The minimum absolute atomic E-state index is 0.302. The lowest BCUT2D eigenvalue weighted by molar-refractivity contribution is -0.133. The molecule has 0 radical (unpaired) electrons. The van der Waals surface area contributed by atoms with Gasteiger partial charge in [0.15, 0.2) is 0 Å². The second-order valence-electron chi connectivity index (χ2n) is 4.44. The van der Waals surface area contributed by atoms with Crippen LogP contribution in [-0.2, 0) is 4.79 Å². The second kappa shape index (κ2) is 9.64. The van der Waals surface area contributed by atoms with Gasteiger partial charge in [-0.1, -0.05) is 20.3 Å². The van der Waals surface area contributed by atoms with E-state index in [0.29, 0.717) is 24.9 Å². The molecule has 0 fully saturated rings. The van der Waals surface area contributed by atoms with E-state index in [1.54, 1.807) is 0 Å². The molecule has 0 spiro atoms. The van der Waals surface area contributed by atoms with E-state index in [1.165, 1.54) is 0 Å². The highest BCUT2D eigenvalue weighted by atomic mass is 16.2. The molecular formula is C13H28N2O. The molecule has 0 rings (SSSR count). The van der Waals surface area contributed by atoms with Gasteiger partial charge in [0, 0.05) is 19.0 Å². The molecule has 0 aliphatic carbocycles. The van der Waals surface area contributed by atoms with Crippen LogP contribution in [0.25, 0.3) is 0 Å². The average molecular weight is 228 g/mol. The van der Waals surface area contributed by atoms with Crippen molar-refractivity contribution < 1.29 is 4.79 Å². The van der Waals surface area contributed by atoms with Crippen molar-refractivity contribution in [3.05, 3.63) is 0 Å². The molecule has 0 bridgehead atoms. The molecule has 1 amide bonds. The lowest BCUT2D eigenvalue weighted by Gasteiger charge is -2.28. The number of hydrogen-bond donors (Lipinski definition) is 1. The van der Waals surface area contributed by atoms with E-state index in [2.05, 4.69) is 20.8 Å². The maximum Gasteiger partial charge on any atom is 0.222 e. The molecule has 1 atom stereocenters. The third kappa shape index (κ3) is 6.11. The van der Waals surface area contributed by atoms with Crippen molar-refractivity contribution in [2.75, 3.05) is 13.1 Å². The maximum atomic E-state index is 12.0. The van der Waals surface area contributed by atoms with E-state index in [9.17, 15) is 4.79 Å². The van der Waals surface area contributed by atoms with Crippen molar-refractivity contribution in [3.8, 4) is 0 Å². The average Bonchev–Trinajstić information content (AvgIpc) is 2.29. The van der Waals surface area contributed by atoms with Gasteiger partial charge in [0.2, 0.25) is 5.91 Å². The van der Waals surface area contributed by atoms with Gasteiger partial charge in [0.05, 0.1) is 0 Å². The summed E-state index contributed by atoms with van der Waals surface area (Å²) in [5.74, 6) is 0.302. The number of carbonyl (C=O) groups excluding carboxylic acids is 1. The first-order chi connectivity index (χ1) is 7.67. The first-order valence-corrected chi connectivity index (χ1v) is 6.66. The molecule has 96 valence electrons. The Labute approximate surface area is 100 Å². The predicted molar refractivity (Wildman–Crippen MR) is 69.3 cm³/mol. The zero-order valence-corrected chi connectivity index (χ0v) is 11.2. The SMILES string of the molecule is CCCCN(C(=O)CCCCN)C(C)CC. The number of unbranched alkanes of at least 4 members (excludes halogenated alkanes) is 2. The fraction of sp³-hybridized carbons (Fsp3) is 0.923. The highest BCUT2D eigenvalue weighted by Crippen LogP contribution is 2.09. The first kappa shape index (κ1) is 15.4. The molecule has 0 saturated carbocycles. The molecule has 0 aliphatic heterocycles. The van der Waals surface area contributed by atoms with Gasteiger partial charge in [-0.2, -0.15) is 0 Å². The van der Waals surface area contributed by atoms with Gasteiger partial charge in [-0.15, -0.1) is 0 Å². The quantitative estimate of drug-likeness (QED) is 0.616. The monoisotopic (exact) mass is 228 g/mol. The molecule has 0 aliphatic rings. The normalized spacial score (nSPS) is 12.5. The number of nitrogens with two attached hydrogens (primary N) is 1. The molecule has 0 aromatic rings. The van der Waals surface area contributed by atoms with Crippen LogP contribution in [0.5, 0.6) is 0 Å². The van der Waals surface area contributed by atoms with E-state index in [1.807, 2.05) is 4.90 Å². The minimum Gasteiger partial charge on any atom is -0.340 e. The van der Waals surface area contributed by atoms with Crippen molar-refractivity contribution in [1.82, 2.24) is 4.90 Å². The number of amides is 1. The van der Waals surface area contributed by atoms with E-state index >= 15 is 0 Å². The Balaban J connectivity index is 4.09. The summed E-state index contributed by atoms with van der Waals surface area (Å²) in [4.78, 5) is 14.1. The third-order valence-corrected chi connectivity index (χ3v) is 3.04. The fourth-order valence-electron chi connectivity index (χ4n) is 1.70. The third-order valence-electron chi connectivity index (χ3n) is 3.04. The summed E-state index contributed by atoms with van der Waals surface area (Å²) in [7, 11) is 0. The fourth-order valence-corrected chi connectivity index (χ4v) is 1.70. The van der Waals surface area contributed by atoms with Gasteiger partial charge in [0.25, 0.3) is 0 Å². The van der Waals surface area contributed by atoms with E-state index in [0.717, 1.165) is 38.6 Å². The highest BCUT2D eigenvalue weighted by molar-refractivity contribution is 5.76. The predicted octanol–water partition coefficient (Wildman–Crippen LogP) is 2.54. The van der Waals surface area contributed by atoms with Crippen molar-refractivity contribution in [3.63, 3.8) is 0 Å². The molecule has 1 unspecified atom stereocenters. The summed E-state index contributed by atoms with van der Waals surface area (Å²) in [6, 6.07) is 0.372. The standard InChI is InChI=1S/C13H28N2O/c1-4-6-11-15(12(3)5-2)13(16)9-7-8-10-14/h12H,4-11,14H2,1-3H3. The lowest BCUT2D eigenvalue weighted by atomic mass is 10.1. The van der Waals surface area contributed by atoms with Crippen LogP contribution in [0.4, 0.5) is 0 Å². The largest absolute Gasteiger partial charge is 0.340 e. The Hall–Kier alpha value is -0.570. The van der Waals surface area contributed by atoms with Gasteiger partial charge < -0.3 is 10.6 Å². The van der Waals surface area contributed by atoms with Gasteiger partial charge in [0.1, 0.15) is 0 Å². The molecular weight excluding hydrogens is 200 g/mol. The second-order valence-corrected chi connectivity index (χ2v) is 4.44. The Morgan fingerprint density at radius 2 is 1.94 bits per heavy atom. The van der Waals surface area contributed by atoms with Crippen LogP contribution in [0, 0.1) is 0 Å². The van der Waals surface area contributed by atoms with Crippen molar-refractivity contribution in [2.24, 2.45) is 5.73 Å². The van der Waals surface area contributed by atoms with Crippen molar-refractivity contribution in [1.29, 1.82) is 0 Å². The summed E-state index contributed by atoms with van der Waals surface area (Å²) in [5.41, 5.74) is 5.43. The molecule has 0 aromatic carbocycles. The van der Waals surface area contributed by atoms with E-state index in [4.69, 9.17) is 5.73 Å². The van der Waals surface area contributed by atoms with Crippen LogP contribution in [0.1, 0.15) is 59.3 Å². The van der Waals surface area contributed by atoms with Gasteiger partial charge in [-0.3, -0.25) is 4.79 Å².